The number of ketones is 2. The van der Waals surface area contributed by atoms with Gasteiger partial charge in [-0.3, -0.25) is 88.4 Å². The Bertz CT molecular complexity index is 8310. The van der Waals surface area contributed by atoms with E-state index in [-0.39, 0.29) is 93.8 Å². The van der Waals surface area contributed by atoms with Gasteiger partial charge in [-0.05, 0) is 127 Å². The second kappa shape index (κ2) is 47.3. The van der Waals surface area contributed by atoms with Crippen LogP contribution in [-0.2, 0) is 147 Å². The van der Waals surface area contributed by atoms with Crippen LogP contribution in [0.25, 0.3) is 55.8 Å². The van der Waals surface area contributed by atoms with Crippen molar-refractivity contribution >= 4 is 111 Å². The summed E-state index contributed by atoms with van der Waals surface area (Å²) in [5.41, 5.74) is 4.39. The van der Waals surface area contributed by atoms with E-state index in [1.807, 2.05) is 119 Å². The van der Waals surface area contributed by atoms with Gasteiger partial charge in [0.15, 0.2) is 55.8 Å². The molecule has 0 aliphatic heterocycles. The quantitative estimate of drug-likeness (QED) is 0.0279. The first kappa shape index (κ1) is 108. The number of nitriles is 1. The number of terminal acetylenes is 1. The molecule has 37 nitrogen and oxygen atoms in total. The molecule has 1 unspecified atom stereocenters. The Balaban J connectivity index is 0.000000161. The van der Waals surface area contributed by atoms with Crippen LogP contribution in [0.3, 0.4) is 0 Å². The number of rotatable bonds is 32. The number of carbonyl (C=O) groups excluding carboxylic acids is 2. The molecular weight excluding hydrogens is 2010 g/mol. The second-order valence-electron chi connectivity index (χ2n) is 34.6. The molecule has 0 saturated heterocycles. The number of nitrogens with zero attached hydrogens (tertiary/aromatic N) is 21. The van der Waals surface area contributed by atoms with Gasteiger partial charge in [0, 0.05) is 173 Å². The molecule has 0 aliphatic rings. The number of halogens is 5. The molecule has 0 amide bonds. The summed E-state index contributed by atoms with van der Waals surface area (Å²) in [6.45, 7) is 14.5. The number of ether oxygens (including phenoxy) is 4. The fourth-order valence-corrected chi connectivity index (χ4v) is 16.9. The predicted octanol–water partition coefficient (Wildman–Crippen LogP) is 11.2. The number of Topliss-reactive ketones (excluding diaryl/α,β-unsaturated/α-hetero) is 2. The zero-order chi connectivity index (χ0) is 105. The van der Waals surface area contributed by atoms with Gasteiger partial charge in [-0.25, -0.2) is 47.7 Å². The van der Waals surface area contributed by atoms with Crippen molar-refractivity contribution in [1.82, 2.24) is 93.4 Å². The highest BCUT2D eigenvalue weighted by Gasteiger charge is 2.30. The van der Waals surface area contributed by atoms with Crippen LogP contribution in [0.1, 0.15) is 136 Å². The molecule has 0 spiro atoms. The Labute approximate surface area is 844 Å². The summed E-state index contributed by atoms with van der Waals surface area (Å²) in [7, 11) is 15.1. The minimum atomic E-state index is -3.05. The van der Waals surface area contributed by atoms with Crippen LogP contribution in [-0.4, -0.2) is 138 Å². The normalized spacial score (nSPS) is 11.5. The van der Waals surface area contributed by atoms with Gasteiger partial charge >= 0.3 is 34.5 Å². The largest absolute Gasteiger partial charge is 0.464 e. The van der Waals surface area contributed by atoms with Gasteiger partial charge in [0.25, 0.3) is 39.7 Å². The van der Waals surface area contributed by atoms with Crippen LogP contribution < -0.4 is 65.7 Å². The summed E-state index contributed by atoms with van der Waals surface area (Å²) in [4.78, 5) is 172. The van der Waals surface area contributed by atoms with Crippen LogP contribution in [0.4, 0.5) is 8.78 Å². The third kappa shape index (κ3) is 24.3. The maximum absolute atomic E-state index is 13.8. The second-order valence-corrected chi connectivity index (χ2v) is 36.8. The van der Waals surface area contributed by atoms with Gasteiger partial charge in [-0.15, -0.1) is 6.42 Å². The first-order valence-corrected chi connectivity index (χ1v) is 48.0. The molecule has 10 aromatic heterocycles. The van der Waals surface area contributed by atoms with Gasteiger partial charge in [-0.1, -0.05) is 150 Å². The lowest BCUT2D eigenvalue weighted by molar-refractivity contribution is -0.120. The molecule has 42 heteroatoms. The summed E-state index contributed by atoms with van der Waals surface area (Å²) in [6, 6.07) is 45.1. The summed E-state index contributed by atoms with van der Waals surface area (Å²) < 4.78 is 72.9. The lowest BCUT2D eigenvalue weighted by Crippen LogP contribution is -2.37. The van der Waals surface area contributed by atoms with Crippen molar-refractivity contribution in [2.75, 3.05) is 33.0 Å². The van der Waals surface area contributed by atoms with Crippen molar-refractivity contribution in [1.29, 1.82) is 5.26 Å². The Morgan fingerprint density at radius 2 is 0.799 bits per heavy atom. The van der Waals surface area contributed by atoms with Gasteiger partial charge in [0.1, 0.15) is 34.8 Å². The molecule has 0 fully saturated rings. The zero-order valence-electron chi connectivity index (χ0n) is 82.6. The van der Waals surface area contributed by atoms with Crippen molar-refractivity contribution in [3.05, 3.63) is 326 Å². The number of imidazole rings is 5. The maximum Gasteiger partial charge on any atom is 0.332 e. The van der Waals surface area contributed by atoms with E-state index in [1.165, 1.54) is 94.0 Å². The first-order valence-electron chi connectivity index (χ1n) is 46.1. The fourth-order valence-electron chi connectivity index (χ4n) is 15.9. The number of aryl methyl sites for hydroxylation is 5. The van der Waals surface area contributed by atoms with Crippen molar-refractivity contribution in [3.8, 4) is 36.2 Å². The third-order valence-electron chi connectivity index (χ3n) is 24.0. The van der Waals surface area contributed by atoms with Gasteiger partial charge in [-0.2, -0.15) is 15.2 Å². The summed E-state index contributed by atoms with van der Waals surface area (Å²) in [6.07, 6.45) is 10.3. The van der Waals surface area contributed by atoms with Gasteiger partial charge in [0.2, 0.25) is 0 Å². The minimum absolute atomic E-state index is 0.00943. The standard InChI is InChI=1S/C22H19ClF2N4O3.C21H24N4O3.C20H23BrN4O4.C20H23N5O3.C19H21BrN4O3/c1-22(24,25)14-5-4-6-16(11-14)32-20-26-18-17(19(30)28(3)21(31)27(18)2)29(20)12-13-7-9-15(23)10-8-13;1-5-12-28-13-11-17-22-19-18(20(26)24(4)21(27)23(19)3)25(17)14-16-9-7-15(6-2)8-10-16;1-4-6-15(26)9-10-29-19-22-17-16(18(27)24(3)20(28)23(17)2)25(19)12-13-7-5-8-14(21)11-13;1-4-9-28-10-8-16-22-18-17(19(26)24(3)20(27)23(18)2)25(16)13-15-7-5-6-14(11-15)12-21;1-11(12(2)25)8-15-21-17-16(18(26)23(4)19(27)22(17)3)24(15)10-13-6-5-7-14(20)9-13/h4-11H,12H2,1-3H3;2,7-10H,5,11-14H2,1,3-4H3;5,7-8,11H,4,6,9-10,12H2,1-3H3;5-7,11H,4,8-10,13H2,1-3H3;5-7,9,11H,8,10H2,1-4H3. The number of benzene rings is 6. The van der Waals surface area contributed by atoms with E-state index < -0.39 is 51.0 Å². The number of aromatic nitrogens is 20. The molecule has 16 rings (SSSR count). The molecule has 0 radical (unpaired) electrons. The van der Waals surface area contributed by atoms with E-state index in [4.69, 9.17) is 42.2 Å². The molecule has 6 aromatic carbocycles. The third-order valence-corrected chi connectivity index (χ3v) is 25.2. The average Bonchev–Trinajstić information content (AvgIpc) is 1.61. The number of hydrogen-bond acceptors (Lipinski definition) is 22. The zero-order valence-corrected chi connectivity index (χ0v) is 86.5. The van der Waals surface area contributed by atoms with E-state index in [9.17, 15) is 66.3 Å². The number of carbonyl (C=O) groups is 2. The molecule has 0 bridgehead atoms. The van der Waals surface area contributed by atoms with Crippen molar-refractivity contribution in [2.45, 2.75) is 132 Å². The highest BCUT2D eigenvalue weighted by molar-refractivity contribution is 9.10. The molecule has 754 valence electrons. The number of hydrogen-bond donors (Lipinski definition) is 0. The topological polar surface area (TPSA) is 404 Å². The molecule has 0 N–H and O–H groups in total. The summed E-state index contributed by atoms with van der Waals surface area (Å²) >= 11 is 12.9. The molecular formula is C102H110Br2ClF2N21O16. The lowest BCUT2D eigenvalue weighted by Gasteiger charge is -2.13. The molecule has 1 atom stereocenters. The number of alkyl halides is 2. The minimum Gasteiger partial charge on any atom is -0.464 e. The van der Waals surface area contributed by atoms with E-state index in [1.54, 1.807) is 76.1 Å². The van der Waals surface area contributed by atoms with E-state index >= 15 is 0 Å². The predicted molar refractivity (Wildman–Crippen MR) is 551 cm³/mol. The van der Waals surface area contributed by atoms with Crippen LogP contribution in [0.2, 0.25) is 5.02 Å². The van der Waals surface area contributed by atoms with Crippen LogP contribution in [0.15, 0.2) is 202 Å². The van der Waals surface area contributed by atoms with Gasteiger partial charge in [0.05, 0.1) is 44.5 Å². The summed E-state index contributed by atoms with van der Waals surface area (Å²) in [5, 5.41) is 9.70. The van der Waals surface area contributed by atoms with Gasteiger partial charge < -0.3 is 32.6 Å². The van der Waals surface area contributed by atoms with Crippen LogP contribution >= 0.6 is 43.5 Å². The van der Waals surface area contributed by atoms with E-state index in [0.717, 1.165) is 91.3 Å². The monoisotopic (exact) mass is 2120 g/mol. The van der Waals surface area contributed by atoms with Crippen molar-refractivity contribution < 1.29 is 37.3 Å². The molecule has 144 heavy (non-hydrogen) atoms. The van der Waals surface area contributed by atoms with Crippen LogP contribution in [0.5, 0.6) is 17.8 Å². The highest BCUT2D eigenvalue weighted by Crippen LogP contribution is 2.33. The average molecular weight is 2120 g/mol. The molecule has 10 heterocycles. The summed E-state index contributed by atoms with van der Waals surface area (Å²) in [5.74, 6) is 1.61. The SMILES string of the molecule is C#Cc1ccc(Cn2c(CCOCCC)nc3c2c(=O)n(C)c(=O)n3C)cc1.CC(=O)C(C)Cc1nc2c(c(=O)n(C)c(=O)n2C)n1Cc1cccc(Br)c1.CCCC(=O)CCOc1nc2c(c(=O)n(C)c(=O)n2C)n1Cc1cccc(Br)c1.CCCOCCc1nc2c(c(=O)n(C)c(=O)n2C)n1Cc1cccc(C#N)c1.Cn1c(=O)c2c(nc(Oc3cccc(C(C)(F)F)c3)n2Cc2ccc(Cl)cc2)n(C)c1=O. The highest BCUT2D eigenvalue weighted by atomic mass is 79.9. The Morgan fingerprint density at radius 1 is 0.431 bits per heavy atom. The van der Waals surface area contributed by atoms with Crippen molar-refractivity contribution in [2.24, 2.45) is 76.4 Å². The smallest absolute Gasteiger partial charge is 0.332 e. The van der Waals surface area contributed by atoms with E-state index in [2.05, 4.69) is 75.7 Å². The Hall–Kier alpha value is -14.9. The fraction of sp³-hybridized carbons (Fsp3) is 0.353. The van der Waals surface area contributed by atoms with E-state index in [0.29, 0.717) is 140 Å². The number of fused-ring (bicyclic) bond motifs is 5. The Morgan fingerprint density at radius 3 is 1.21 bits per heavy atom. The molecule has 16 aromatic rings. The Kier molecular flexibility index (Phi) is 35.5. The molecule has 0 saturated carbocycles. The maximum atomic E-state index is 13.8. The molecule has 0 aliphatic carbocycles. The lowest BCUT2D eigenvalue weighted by atomic mass is 10.0. The van der Waals surface area contributed by atoms with Crippen LogP contribution in [0, 0.1) is 29.6 Å². The first-order chi connectivity index (χ1) is 68.5. The van der Waals surface area contributed by atoms with Crippen molar-refractivity contribution in [3.63, 3.8) is 0 Å².